The molecule has 0 bridgehead atoms. The molecule has 0 unspecified atom stereocenters. The molecular formula is C47H46N8O6. The van der Waals surface area contributed by atoms with E-state index in [2.05, 4.69) is 44.9 Å². The van der Waals surface area contributed by atoms with Gasteiger partial charge in [-0.05, 0) is 66.3 Å². The highest BCUT2D eigenvalue weighted by molar-refractivity contribution is 5.88. The van der Waals surface area contributed by atoms with E-state index in [1.807, 2.05) is 71.8 Å². The molecule has 6 aromatic rings. The molecule has 0 spiro atoms. The van der Waals surface area contributed by atoms with Crippen molar-refractivity contribution < 1.29 is 29.0 Å². The average molecular weight is 819 g/mol. The zero-order valence-corrected chi connectivity index (χ0v) is 33.4. The minimum Gasteiger partial charge on any atom is -0.465 e. The number of H-pyrrole nitrogens is 2. The van der Waals surface area contributed by atoms with Crippen LogP contribution in [0.2, 0.25) is 0 Å². The van der Waals surface area contributed by atoms with Crippen LogP contribution in [0.5, 0.6) is 0 Å². The highest BCUT2D eigenvalue weighted by Gasteiger charge is 2.39. The van der Waals surface area contributed by atoms with Crippen LogP contribution in [0, 0.1) is 0 Å². The number of carbonyl (C=O) groups is 4. The SMILES string of the molecule is O=C(O)N[C@@H](C(=O)N1CCC[C@H]1c1nc(-c2ccc(-c3ccc(-c4cnc([C@@H]5CCCN5C(=O)[C@H](NC(=O)OC5CC5)c5ccccc5)[nH]4)cc3)cc2)c[nH]1)c1ccccc1. The van der Waals surface area contributed by atoms with Gasteiger partial charge < -0.3 is 40.2 Å². The molecule has 14 nitrogen and oxygen atoms in total. The van der Waals surface area contributed by atoms with Crippen LogP contribution in [-0.2, 0) is 14.3 Å². The van der Waals surface area contributed by atoms with E-state index in [0.29, 0.717) is 42.3 Å². The van der Waals surface area contributed by atoms with E-state index in [4.69, 9.17) is 14.7 Å². The van der Waals surface area contributed by atoms with Crippen LogP contribution in [0.15, 0.2) is 122 Å². The molecule has 4 aromatic carbocycles. The predicted octanol–water partition coefficient (Wildman–Crippen LogP) is 8.10. The molecular weight excluding hydrogens is 773 g/mol. The van der Waals surface area contributed by atoms with E-state index in [-0.39, 0.29) is 30.0 Å². The Labute approximate surface area is 352 Å². The number of aromatic amines is 2. The second-order valence-corrected chi connectivity index (χ2v) is 15.8. The molecule has 2 aromatic heterocycles. The van der Waals surface area contributed by atoms with Crippen LogP contribution in [-0.4, -0.2) is 78.0 Å². The number of rotatable bonds is 12. The summed E-state index contributed by atoms with van der Waals surface area (Å²) in [6, 6.07) is 32.1. The summed E-state index contributed by atoms with van der Waals surface area (Å²) in [5.74, 6) is 0.865. The molecule has 2 saturated heterocycles. The summed E-state index contributed by atoms with van der Waals surface area (Å²) >= 11 is 0. The van der Waals surface area contributed by atoms with Crippen molar-refractivity contribution in [3.05, 3.63) is 144 Å². The fourth-order valence-electron chi connectivity index (χ4n) is 8.42. The third-order valence-electron chi connectivity index (χ3n) is 11.7. The molecule has 1 saturated carbocycles. The van der Waals surface area contributed by atoms with Gasteiger partial charge in [-0.25, -0.2) is 19.6 Å². The van der Waals surface area contributed by atoms with Gasteiger partial charge in [0.05, 0.1) is 29.7 Å². The summed E-state index contributed by atoms with van der Waals surface area (Å²) in [6.07, 6.45) is 6.49. The molecule has 14 heteroatoms. The number of benzene rings is 4. The molecule has 0 radical (unpaired) electrons. The van der Waals surface area contributed by atoms with E-state index in [0.717, 1.165) is 65.7 Å². The Bertz CT molecular complexity index is 2500. The zero-order chi connectivity index (χ0) is 41.9. The Morgan fingerprint density at radius 3 is 1.74 bits per heavy atom. The number of carbonyl (C=O) groups excluding carboxylic acids is 3. The Morgan fingerprint density at radius 1 is 0.656 bits per heavy atom. The van der Waals surface area contributed by atoms with E-state index in [9.17, 15) is 24.3 Å². The van der Waals surface area contributed by atoms with Crippen molar-refractivity contribution >= 4 is 24.0 Å². The number of nitrogens with zero attached hydrogens (tertiary/aromatic N) is 4. The van der Waals surface area contributed by atoms with Crippen LogP contribution in [0.3, 0.4) is 0 Å². The maximum Gasteiger partial charge on any atom is 0.408 e. The van der Waals surface area contributed by atoms with Gasteiger partial charge >= 0.3 is 12.2 Å². The molecule has 4 atom stereocenters. The van der Waals surface area contributed by atoms with Gasteiger partial charge in [0.2, 0.25) is 0 Å². The smallest absolute Gasteiger partial charge is 0.408 e. The van der Waals surface area contributed by atoms with E-state index in [1.54, 1.807) is 35.4 Å². The number of hydrogen-bond donors (Lipinski definition) is 5. The number of hydrogen-bond acceptors (Lipinski definition) is 7. The third kappa shape index (κ3) is 8.60. The second-order valence-electron chi connectivity index (χ2n) is 15.8. The Balaban J connectivity index is 0.853. The first-order chi connectivity index (χ1) is 29.8. The number of carboxylic acid groups (broad SMARTS) is 1. The van der Waals surface area contributed by atoms with E-state index < -0.39 is 24.3 Å². The van der Waals surface area contributed by atoms with Crippen molar-refractivity contribution in [1.82, 2.24) is 40.4 Å². The van der Waals surface area contributed by atoms with Crippen molar-refractivity contribution in [2.24, 2.45) is 0 Å². The lowest BCUT2D eigenvalue weighted by Gasteiger charge is -2.28. The zero-order valence-electron chi connectivity index (χ0n) is 33.4. The Morgan fingerprint density at radius 2 is 1.18 bits per heavy atom. The maximum absolute atomic E-state index is 14.1. The summed E-state index contributed by atoms with van der Waals surface area (Å²) in [6.45, 7) is 1.06. The van der Waals surface area contributed by atoms with Crippen LogP contribution < -0.4 is 10.6 Å². The van der Waals surface area contributed by atoms with Gasteiger partial charge in [0.15, 0.2) is 0 Å². The van der Waals surface area contributed by atoms with Crippen LogP contribution in [0.25, 0.3) is 33.6 Å². The average Bonchev–Trinajstić information content (AvgIpc) is 3.81. The molecule has 4 heterocycles. The van der Waals surface area contributed by atoms with Gasteiger partial charge in [0.1, 0.15) is 29.8 Å². The first-order valence-corrected chi connectivity index (χ1v) is 20.8. The molecule has 3 aliphatic rings. The summed E-state index contributed by atoms with van der Waals surface area (Å²) in [5, 5.41) is 14.7. The highest BCUT2D eigenvalue weighted by Crippen LogP contribution is 2.36. The molecule has 9 rings (SSSR count). The predicted molar refractivity (Wildman–Crippen MR) is 227 cm³/mol. The summed E-state index contributed by atoms with van der Waals surface area (Å²) in [7, 11) is 0. The molecule has 310 valence electrons. The van der Waals surface area contributed by atoms with Crippen LogP contribution in [0.1, 0.15) is 85.5 Å². The van der Waals surface area contributed by atoms with Crippen LogP contribution >= 0.6 is 0 Å². The van der Waals surface area contributed by atoms with Gasteiger partial charge in [0.25, 0.3) is 11.8 Å². The van der Waals surface area contributed by atoms with Crippen molar-refractivity contribution in [2.45, 2.75) is 68.8 Å². The number of imidazole rings is 2. The molecule has 61 heavy (non-hydrogen) atoms. The number of ether oxygens (including phenoxy) is 1. The standard InChI is InChI=1S/C47H46N8O6/c56-44(40(52-46(58)59)33-9-3-1-4-10-33)54-25-7-13-38(54)42-48-27-36(50-42)31-19-15-29(16-20-31)30-17-21-32(22-18-30)37-28-49-43(51-37)39-14-8-26-55(39)45(57)41(34-11-5-2-6-12-34)53-47(60)61-35-23-24-35/h1-6,9-12,15-22,27-28,35,38-41,52H,7-8,13-14,23-26H2,(H,48,50)(H,49,51)(H,53,60)(H,58,59)/t38-,39-,40+,41+/m0/s1. The van der Waals surface area contributed by atoms with Gasteiger partial charge in [-0.3, -0.25) is 9.59 Å². The summed E-state index contributed by atoms with van der Waals surface area (Å²) in [4.78, 5) is 72.0. The number of aromatic nitrogens is 4. The molecule has 4 amide bonds. The first kappa shape index (κ1) is 39.3. The fourth-order valence-corrected chi connectivity index (χ4v) is 8.42. The normalized spacial score (nSPS) is 18.4. The third-order valence-corrected chi connectivity index (χ3v) is 11.7. The van der Waals surface area contributed by atoms with E-state index >= 15 is 0 Å². The summed E-state index contributed by atoms with van der Waals surface area (Å²) in [5.41, 5.74) is 6.82. The van der Waals surface area contributed by atoms with Crippen molar-refractivity contribution in [1.29, 1.82) is 0 Å². The number of nitrogens with one attached hydrogen (secondary N) is 4. The van der Waals surface area contributed by atoms with Gasteiger partial charge in [-0.2, -0.15) is 0 Å². The fraction of sp³-hybridized carbons (Fsp3) is 0.277. The van der Waals surface area contributed by atoms with Crippen LogP contribution in [0.4, 0.5) is 9.59 Å². The highest BCUT2D eigenvalue weighted by atomic mass is 16.6. The lowest BCUT2D eigenvalue weighted by molar-refractivity contribution is -0.135. The maximum atomic E-state index is 14.1. The molecule has 1 aliphatic carbocycles. The number of alkyl carbamates (subject to hydrolysis) is 1. The van der Waals surface area contributed by atoms with Crippen molar-refractivity contribution in [2.75, 3.05) is 13.1 Å². The Hall–Kier alpha value is -7.22. The van der Waals surface area contributed by atoms with Gasteiger partial charge in [0, 0.05) is 24.8 Å². The van der Waals surface area contributed by atoms with Crippen molar-refractivity contribution in [3.8, 4) is 33.6 Å². The minimum atomic E-state index is -1.26. The quantitative estimate of drug-likeness (QED) is 0.0820. The van der Waals surface area contributed by atoms with Gasteiger partial charge in [-0.1, -0.05) is 109 Å². The topological polar surface area (TPSA) is 186 Å². The minimum absolute atomic E-state index is 0.0756. The van der Waals surface area contributed by atoms with Crippen molar-refractivity contribution in [3.63, 3.8) is 0 Å². The van der Waals surface area contributed by atoms with Gasteiger partial charge in [-0.15, -0.1) is 0 Å². The molecule has 5 N–H and O–H groups in total. The monoisotopic (exact) mass is 818 g/mol. The molecule has 2 aliphatic heterocycles. The summed E-state index contributed by atoms with van der Waals surface area (Å²) < 4.78 is 5.43. The Kier molecular flexibility index (Phi) is 11.0. The first-order valence-electron chi connectivity index (χ1n) is 20.8. The second kappa shape index (κ2) is 17.2. The lowest BCUT2D eigenvalue weighted by atomic mass is 10.0. The number of amides is 4. The van der Waals surface area contributed by atoms with E-state index in [1.165, 1.54) is 0 Å². The largest absolute Gasteiger partial charge is 0.465 e. The molecule has 3 fully saturated rings. The lowest BCUT2D eigenvalue weighted by Crippen LogP contribution is -2.43. The number of likely N-dealkylation sites (tertiary alicyclic amines) is 2.